The highest BCUT2D eigenvalue weighted by atomic mass is 16.2. The number of amides is 1. The van der Waals surface area contributed by atoms with Crippen molar-refractivity contribution in [3.05, 3.63) is 30.1 Å². The number of nitrogens with zero attached hydrogens (tertiary/aromatic N) is 4. The molecule has 4 heterocycles. The second-order valence-corrected chi connectivity index (χ2v) is 8.03. The molecule has 0 N–H and O–H groups in total. The van der Waals surface area contributed by atoms with E-state index in [1.807, 2.05) is 12.4 Å². The van der Waals surface area contributed by atoms with E-state index < -0.39 is 0 Å². The number of aromatic nitrogens is 1. The Labute approximate surface area is 151 Å². The van der Waals surface area contributed by atoms with Crippen LogP contribution >= 0.6 is 0 Å². The number of fused-ring (bicyclic) bond motifs is 1. The SMILES string of the molecule is CC(=O)N1[C@H](CN2CCCC2)C[C@@H]2CN(Cc3ccncc3)CC[C@@H]21. The minimum absolute atomic E-state index is 0.277. The summed E-state index contributed by atoms with van der Waals surface area (Å²) in [6.07, 6.45) is 8.68. The normalized spacial score (nSPS) is 30.6. The molecule has 1 amide bonds. The Morgan fingerprint density at radius 1 is 1.16 bits per heavy atom. The van der Waals surface area contributed by atoms with Crippen molar-refractivity contribution in [1.29, 1.82) is 0 Å². The molecule has 25 heavy (non-hydrogen) atoms. The van der Waals surface area contributed by atoms with Crippen molar-refractivity contribution in [3.63, 3.8) is 0 Å². The van der Waals surface area contributed by atoms with Gasteiger partial charge in [-0.2, -0.15) is 0 Å². The molecule has 0 aromatic carbocycles. The first-order valence-electron chi connectivity index (χ1n) is 9.83. The molecule has 1 aromatic heterocycles. The molecular weight excluding hydrogens is 312 g/mol. The van der Waals surface area contributed by atoms with E-state index in [0.717, 1.165) is 32.6 Å². The number of hydrogen-bond acceptors (Lipinski definition) is 4. The molecule has 3 aliphatic heterocycles. The number of pyridine rings is 1. The van der Waals surface area contributed by atoms with Crippen LogP contribution in [-0.4, -0.2) is 70.4 Å². The molecular formula is C20H30N4O. The third kappa shape index (κ3) is 3.72. The van der Waals surface area contributed by atoms with Crippen LogP contribution in [0.5, 0.6) is 0 Å². The first-order valence-corrected chi connectivity index (χ1v) is 9.83. The van der Waals surface area contributed by atoms with Crippen LogP contribution in [0.1, 0.15) is 38.2 Å². The van der Waals surface area contributed by atoms with Gasteiger partial charge in [0.05, 0.1) is 0 Å². The summed E-state index contributed by atoms with van der Waals surface area (Å²) in [7, 11) is 0. The van der Waals surface area contributed by atoms with Gasteiger partial charge in [0.1, 0.15) is 0 Å². The quantitative estimate of drug-likeness (QED) is 0.839. The number of likely N-dealkylation sites (tertiary alicyclic amines) is 3. The lowest BCUT2D eigenvalue weighted by Crippen LogP contribution is -2.49. The average Bonchev–Trinajstić information content (AvgIpc) is 3.23. The second-order valence-electron chi connectivity index (χ2n) is 8.03. The first-order chi connectivity index (χ1) is 12.2. The van der Waals surface area contributed by atoms with E-state index in [1.54, 1.807) is 6.92 Å². The molecule has 3 aliphatic rings. The van der Waals surface area contributed by atoms with Gasteiger partial charge in [0.15, 0.2) is 0 Å². The lowest BCUT2D eigenvalue weighted by molar-refractivity contribution is -0.133. The highest BCUT2D eigenvalue weighted by Crippen LogP contribution is 2.36. The lowest BCUT2D eigenvalue weighted by atomic mass is 9.91. The van der Waals surface area contributed by atoms with Gasteiger partial charge in [-0.05, 0) is 62.4 Å². The van der Waals surface area contributed by atoms with Crippen molar-refractivity contribution in [1.82, 2.24) is 19.7 Å². The smallest absolute Gasteiger partial charge is 0.219 e. The zero-order valence-corrected chi connectivity index (χ0v) is 15.3. The molecule has 5 heteroatoms. The molecule has 0 bridgehead atoms. The van der Waals surface area contributed by atoms with Gasteiger partial charge in [-0.3, -0.25) is 14.7 Å². The predicted molar refractivity (Wildman–Crippen MR) is 98.0 cm³/mol. The third-order valence-electron chi connectivity index (χ3n) is 6.29. The molecule has 136 valence electrons. The van der Waals surface area contributed by atoms with Gasteiger partial charge in [0, 0.05) is 57.6 Å². The summed E-state index contributed by atoms with van der Waals surface area (Å²) in [4.78, 5) is 23.8. The molecule has 1 aromatic rings. The van der Waals surface area contributed by atoms with Crippen LogP contribution in [0.3, 0.4) is 0 Å². The Bertz CT molecular complexity index is 587. The highest BCUT2D eigenvalue weighted by Gasteiger charge is 2.45. The van der Waals surface area contributed by atoms with Crippen LogP contribution in [0.4, 0.5) is 0 Å². The summed E-state index contributed by atoms with van der Waals surface area (Å²) in [6.45, 7) is 8.48. The van der Waals surface area contributed by atoms with E-state index in [0.29, 0.717) is 18.0 Å². The predicted octanol–water partition coefficient (Wildman–Crippen LogP) is 1.99. The largest absolute Gasteiger partial charge is 0.335 e. The topological polar surface area (TPSA) is 39.7 Å². The van der Waals surface area contributed by atoms with E-state index in [9.17, 15) is 4.79 Å². The maximum Gasteiger partial charge on any atom is 0.219 e. The second kappa shape index (κ2) is 7.42. The molecule has 3 fully saturated rings. The van der Waals surface area contributed by atoms with Crippen molar-refractivity contribution in [2.75, 3.05) is 32.7 Å². The molecule has 0 spiro atoms. The Kier molecular flexibility index (Phi) is 5.04. The van der Waals surface area contributed by atoms with Gasteiger partial charge in [0.25, 0.3) is 0 Å². The fourth-order valence-corrected chi connectivity index (χ4v) is 5.23. The van der Waals surface area contributed by atoms with Crippen molar-refractivity contribution < 1.29 is 4.79 Å². The number of carbonyl (C=O) groups is 1. The van der Waals surface area contributed by atoms with Crippen molar-refractivity contribution in [2.24, 2.45) is 5.92 Å². The number of hydrogen-bond donors (Lipinski definition) is 0. The molecule has 0 saturated carbocycles. The summed E-state index contributed by atoms with van der Waals surface area (Å²) >= 11 is 0. The summed E-state index contributed by atoms with van der Waals surface area (Å²) < 4.78 is 0. The number of rotatable bonds is 4. The number of piperidine rings is 1. The van der Waals surface area contributed by atoms with Crippen LogP contribution in [-0.2, 0) is 11.3 Å². The van der Waals surface area contributed by atoms with Crippen LogP contribution in [0, 0.1) is 5.92 Å². The molecule has 0 unspecified atom stereocenters. The van der Waals surface area contributed by atoms with E-state index in [-0.39, 0.29) is 5.91 Å². The summed E-state index contributed by atoms with van der Waals surface area (Å²) in [5.74, 6) is 0.909. The zero-order chi connectivity index (χ0) is 17.2. The Hall–Kier alpha value is -1.46. The van der Waals surface area contributed by atoms with Crippen molar-refractivity contribution >= 4 is 5.91 Å². The van der Waals surface area contributed by atoms with Gasteiger partial charge in [-0.25, -0.2) is 0 Å². The van der Waals surface area contributed by atoms with Gasteiger partial charge in [-0.1, -0.05) is 0 Å². The lowest BCUT2D eigenvalue weighted by Gasteiger charge is -2.38. The molecule has 5 nitrogen and oxygen atoms in total. The summed E-state index contributed by atoms with van der Waals surface area (Å²) in [5.41, 5.74) is 1.34. The Balaban J connectivity index is 1.41. The van der Waals surface area contributed by atoms with Crippen LogP contribution in [0.2, 0.25) is 0 Å². The highest BCUT2D eigenvalue weighted by molar-refractivity contribution is 5.74. The fraction of sp³-hybridized carbons (Fsp3) is 0.700. The minimum Gasteiger partial charge on any atom is -0.335 e. The van der Waals surface area contributed by atoms with Crippen LogP contribution < -0.4 is 0 Å². The van der Waals surface area contributed by atoms with E-state index in [4.69, 9.17) is 0 Å². The molecule has 0 radical (unpaired) electrons. The van der Waals surface area contributed by atoms with Gasteiger partial charge >= 0.3 is 0 Å². The van der Waals surface area contributed by atoms with Gasteiger partial charge in [0.2, 0.25) is 5.91 Å². The van der Waals surface area contributed by atoms with Gasteiger partial charge < -0.3 is 9.80 Å². The molecule has 4 rings (SSSR count). The van der Waals surface area contributed by atoms with E-state index >= 15 is 0 Å². The van der Waals surface area contributed by atoms with Crippen molar-refractivity contribution in [2.45, 2.75) is 51.2 Å². The molecule has 3 atom stereocenters. The maximum atomic E-state index is 12.3. The minimum atomic E-state index is 0.277. The van der Waals surface area contributed by atoms with Crippen LogP contribution in [0.15, 0.2) is 24.5 Å². The maximum absolute atomic E-state index is 12.3. The standard InChI is InChI=1S/C20H30N4O/c1-16(25)24-19(15-22-9-2-3-10-22)12-18-14-23(11-6-20(18)24)13-17-4-7-21-8-5-17/h4-5,7-8,18-20H,2-3,6,9-15H2,1H3/t18-,19+,20+/m1/s1. The average molecular weight is 342 g/mol. The summed E-state index contributed by atoms with van der Waals surface area (Å²) in [6, 6.07) is 5.10. The van der Waals surface area contributed by atoms with Gasteiger partial charge in [-0.15, -0.1) is 0 Å². The number of carbonyl (C=O) groups excluding carboxylic acids is 1. The monoisotopic (exact) mass is 342 g/mol. The molecule has 0 aliphatic carbocycles. The summed E-state index contributed by atoms with van der Waals surface area (Å²) in [5, 5.41) is 0. The third-order valence-corrected chi connectivity index (χ3v) is 6.29. The Morgan fingerprint density at radius 3 is 2.64 bits per heavy atom. The zero-order valence-electron chi connectivity index (χ0n) is 15.3. The Morgan fingerprint density at radius 2 is 1.92 bits per heavy atom. The van der Waals surface area contributed by atoms with E-state index in [2.05, 4.69) is 31.8 Å². The molecule has 3 saturated heterocycles. The van der Waals surface area contributed by atoms with Crippen molar-refractivity contribution in [3.8, 4) is 0 Å². The fourth-order valence-electron chi connectivity index (χ4n) is 5.23. The first kappa shape index (κ1) is 17.0. The van der Waals surface area contributed by atoms with Crippen LogP contribution in [0.25, 0.3) is 0 Å². The van der Waals surface area contributed by atoms with E-state index in [1.165, 1.54) is 37.9 Å².